The predicted molar refractivity (Wildman–Crippen MR) is 120 cm³/mol. The molecule has 2 aliphatic rings. The van der Waals surface area contributed by atoms with Crippen molar-refractivity contribution in [1.82, 2.24) is 20.4 Å². The zero-order valence-electron chi connectivity index (χ0n) is 18.5. The van der Waals surface area contributed by atoms with Crippen LogP contribution in [0.3, 0.4) is 0 Å². The Morgan fingerprint density at radius 1 is 1.00 bits per heavy atom. The predicted octanol–water partition coefficient (Wildman–Crippen LogP) is 2.45. The molecule has 0 unspecified atom stereocenters. The maximum atomic E-state index is 5.49. The molecule has 0 aromatic heterocycles. The molecule has 1 aromatic carbocycles. The molecular weight excluding hydrogens is 362 g/mol. The Kier molecular flexibility index (Phi) is 8.33. The Bertz CT molecular complexity index is 648. The summed E-state index contributed by atoms with van der Waals surface area (Å²) in [6.45, 7) is 13.3. The second-order valence-corrected chi connectivity index (χ2v) is 8.80. The Morgan fingerprint density at radius 3 is 2.38 bits per heavy atom. The minimum absolute atomic E-state index is 0.0631. The average molecular weight is 402 g/mol. The molecule has 2 heterocycles. The molecule has 0 aliphatic carbocycles. The van der Waals surface area contributed by atoms with E-state index in [0.29, 0.717) is 0 Å². The zero-order valence-corrected chi connectivity index (χ0v) is 18.5. The standard InChI is InChI=1S/C23H39N5O/c1-23(2,28-13-15-29-16-14-28)19-26-22(24-3)25-17-20-9-5-6-10-21(20)18-27-11-7-4-8-12-27/h5-6,9-10H,4,7-8,11-19H2,1-3H3,(H2,24,25,26). The van der Waals surface area contributed by atoms with Crippen molar-refractivity contribution in [1.29, 1.82) is 0 Å². The maximum Gasteiger partial charge on any atom is 0.191 e. The van der Waals surface area contributed by atoms with Crippen LogP contribution in [0.4, 0.5) is 0 Å². The van der Waals surface area contributed by atoms with Crippen molar-refractivity contribution in [3.8, 4) is 0 Å². The fourth-order valence-corrected chi connectivity index (χ4v) is 4.22. The summed E-state index contributed by atoms with van der Waals surface area (Å²) in [6.07, 6.45) is 4.04. The number of likely N-dealkylation sites (tertiary alicyclic amines) is 1. The fraction of sp³-hybridized carbons (Fsp3) is 0.696. The number of guanidine groups is 1. The number of morpholine rings is 1. The van der Waals surface area contributed by atoms with Crippen LogP contribution in [0.5, 0.6) is 0 Å². The van der Waals surface area contributed by atoms with E-state index in [0.717, 1.165) is 51.9 Å². The first-order chi connectivity index (χ1) is 14.1. The molecule has 162 valence electrons. The molecule has 0 saturated carbocycles. The van der Waals surface area contributed by atoms with Gasteiger partial charge in [0.05, 0.1) is 13.2 Å². The molecule has 6 heteroatoms. The fourth-order valence-electron chi connectivity index (χ4n) is 4.22. The molecular formula is C23H39N5O. The first-order valence-electron chi connectivity index (χ1n) is 11.1. The number of nitrogens with one attached hydrogen (secondary N) is 2. The maximum absolute atomic E-state index is 5.49. The monoisotopic (exact) mass is 401 g/mol. The van der Waals surface area contributed by atoms with E-state index >= 15 is 0 Å². The summed E-state index contributed by atoms with van der Waals surface area (Å²) < 4.78 is 5.49. The van der Waals surface area contributed by atoms with Crippen LogP contribution in [-0.2, 0) is 17.8 Å². The summed E-state index contributed by atoms with van der Waals surface area (Å²) in [5.74, 6) is 0.860. The topological polar surface area (TPSA) is 52.1 Å². The third-order valence-electron chi connectivity index (χ3n) is 6.19. The summed E-state index contributed by atoms with van der Waals surface area (Å²) in [5.41, 5.74) is 2.84. The lowest BCUT2D eigenvalue weighted by molar-refractivity contribution is -0.00834. The highest BCUT2D eigenvalue weighted by Crippen LogP contribution is 2.17. The van der Waals surface area contributed by atoms with Crippen LogP contribution in [0.25, 0.3) is 0 Å². The van der Waals surface area contributed by atoms with Gasteiger partial charge in [0.1, 0.15) is 0 Å². The summed E-state index contributed by atoms with van der Waals surface area (Å²) in [5, 5.41) is 7.04. The molecule has 6 nitrogen and oxygen atoms in total. The summed E-state index contributed by atoms with van der Waals surface area (Å²) >= 11 is 0. The van der Waals surface area contributed by atoms with Gasteiger partial charge in [-0.05, 0) is 50.9 Å². The Morgan fingerprint density at radius 2 is 1.69 bits per heavy atom. The van der Waals surface area contributed by atoms with E-state index in [-0.39, 0.29) is 5.54 Å². The van der Waals surface area contributed by atoms with Gasteiger partial charge < -0.3 is 15.4 Å². The number of piperidine rings is 1. The molecule has 2 N–H and O–H groups in total. The van der Waals surface area contributed by atoms with Gasteiger partial charge in [-0.15, -0.1) is 0 Å². The molecule has 2 aliphatic heterocycles. The Balaban J connectivity index is 1.51. The highest BCUT2D eigenvalue weighted by molar-refractivity contribution is 5.79. The number of benzene rings is 1. The molecule has 2 fully saturated rings. The summed E-state index contributed by atoms with van der Waals surface area (Å²) in [6, 6.07) is 8.79. The highest BCUT2D eigenvalue weighted by atomic mass is 16.5. The van der Waals surface area contributed by atoms with Gasteiger partial charge in [0.15, 0.2) is 5.96 Å². The van der Waals surface area contributed by atoms with E-state index in [4.69, 9.17) is 4.74 Å². The van der Waals surface area contributed by atoms with Gasteiger partial charge in [-0.3, -0.25) is 14.8 Å². The van der Waals surface area contributed by atoms with Gasteiger partial charge >= 0.3 is 0 Å². The van der Waals surface area contributed by atoms with Gasteiger partial charge in [-0.1, -0.05) is 30.7 Å². The van der Waals surface area contributed by atoms with Crippen LogP contribution in [0, 0.1) is 0 Å². The molecule has 0 bridgehead atoms. The van der Waals surface area contributed by atoms with Crippen LogP contribution >= 0.6 is 0 Å². The lowest BCUT2D eigenvalue weighted by atomic mass is 10.0. The second-order valence-electron chi connectivity index (χ2n) is 8.80. The molecule has 0 spiro atoms. The van der Waals surface area contributed by atoms with E-state index in [1.165, 1.54) is 43.5 Å². The van der Waals surface area contributed by atoms with E-state index in [2.05, 4.69) is 63.5 Å². The van der Waals surface area contributed by atoms with Gasteiger partial charge in [-0.25, -0.2) is 0 Å². The summed E-state index contributed by atoms with van der Waals surface area (Å²) in [7, 11) is 1.84. The van der Waals surface area contributed by atoms with Crippen LogP contribution in [0.15, 0.2) is 29.3 Å². The molecule has 1 aromatic rings. The largest absolute Gasteiger partial charge is 0.379 e. The van der Waals surface area contributed by atoms with E-state index in [1.54, 1.807) is 0 Å². The zero-order chi connectivity index (χ0) is 20.5. The minimum Gasteiger partial charge on any atom is -0.379 e. The van der Waals surface area contributed by atoms with Gasteiger partial charge in [0.2, 0.25) is 0 Å². The molecule has 0 atom stereocenters. The van der Waals surface area contributed by atoms with Crippen LogP contribution in [0.2, 0.25) is 0 Å². The Labute approximate surface area is 176 Å². The summed E-state index contributed by atoms with van der Waals surface area (Å²) in [4.78, 5) is 9.51. The van der Waals surface area contributed by atoms with E-state index < -0.39 is 0 Å². The quantitative estimate of drug-likeness (QED) is 0.543. The number of rotatable bonds is 7. The highest BCUT2D eigenvalue weighted by Gasteiger charge is 2.28. The SMILES string of the molecule is CN=C(NCc1ccccc1CN1CCCCC1)NCC(C)(C)N1CCOCC1. The number of hydrogen-bond donors (Lipinski definition) is 2. The van der Waals surface area contributed by atoms with Gasteiger partial charge in [-0.2, -0.15) is 0 Å². The first-order valence-corrected chi connectivity index (χ1v) is 11.1. The third kappa shape index (κ3) is 6.69. The lowest BCUT2D eigenvalue weighted by Gasteiger charge is -2.41. The van der Waals surface area contributed by atoms with Crippen molar-refractivity contribution >= 4 is 5.96 Å². The third-order valence-corrected chi connectivity index (χ3v) is 6.19. The smallest absolute Gasteiger partial charge is 0.191 e. The van der Waals surface area contributed by atoms with Crippen LogP contribution in [-0.4, -0.2) is 74.3 Å². The minimum atomic E-state index is 0.0631. The number of nitrogens with zero attached hydrogens (tertiary/aromatic N) is 3. The van der Waals surface area contributed by atoms with Crippen molar-refractivity contribution in [3.63, 3.8) is 0 Å². The van der Waals surface area contributed by atoms with Crippen molar-refractivity contribution in [2.45, 2.75) is 51.7 Å². The van der Waals surface area contributed by atoms with Crippen LogP contribution < -0.4 is 10.6 Å². The Hall–Kier alpha value is -1.63. The number of ether oxygens (including phenoxy) is 1. The van der Waals surface area contributed by atoms with Gasteiger partial charge in [0, 0.05) is 45.3 Å². The van der Waals surface area contributed by atoms with Crippen molar-refractivity contribution in [3.05, 3.63) is 35.4 Å². The second kappa shape index (κ2) is 11.0. The molecule has 3 rings (SSSR count). The van der Waals surface area contributed by atoms with Crippen molar-refractivity contribution in [2.24, 2.45) is 4.99 Å². The number of aliphatic imine (C=N–C) groups is 1. The average Bonchev–Trinajstić information content (AvgIpc) is 2.76. The van der Waals surface area contributed by atoms with Crippen molar-refractivity contribution < 1.29 is 4.74 Å². The molecule has 2 saturated heterocycles. The van der Waals surface area contributed by atoms with Gasteiger partial charge in [0.25, 0.3) is 0 Å². The van der Waals surface area contributed by atoms with Crippen molar-refractivity contribution in [2.75, 3.05) is 53.0 Å². The molecule has 0 radical (unpaired) electrons. The normalized spacial score (nSPS) is 19.9. The van der Waals surface area contributed by atoms with Crippen LogP contribution in [0.1, 0.15) is 44.2 Å². The van der Waals surface area contributed by atoms with E-state index in [9.17, 15) is 0 Å². The molecule has 0 amide bonds. The number of hydrogen-bond acceptors (Lipinski definition) is 4. The first kappa shape index (κ1) is 22.1. The molecule has 29 heavy (non-hydrogen) atoms. The van der Waals surface area contributed by atoms with E-state index in [1.807, 2.05) is 7.05 Å². The lowest BCUT2D eigenvalue weighted by Crippen LogP contribution is -2.56.